The zero-order valence-corrected chi connectivity index (χ0v) is 16.9. The summed E-state index contributed by atoms with van der Waals surface area (Å²) in [6, 6.07) is 5.61. The van der Waals surface area contributed by atoms with Crippen LogP contribution in [0.5, 0.6) is 0 Å². The average molecular weight is 404 g/mol. The molecule has 2 aliphatic rings. The third kappa shape index (κ3) is 5.78. The zero-order valence-electron chi connectivity index (χ0n) is 16.9. The van der Waals surface area contributed by atoms with Gasteiger partial charge in [0.25, 0.3) is 11.8 Å². The molecule has 29 heavy (non-hydrogen) atoms. The molecular weight excluding hydrogens is 375 g/mol. The van der Waals surface area contributed by atoms with E-state index in [2.05, 4.69) is 12.2 Å². The van der Waals surface area contributed by atoms with Crippen molar-refractivity contribution in [3.63, 3.8) is 0 Å². The fourth-order valence-electron chi connectivity index (χ4n) is 4.13. The van der Waals surface area contributed by atoms with Crippen LogP contribution in [0.4, 0.5) is 4.39 Å². The van der Waals surface area contributed by atoms with Gasteiger partial charge in [0, 0.05) is 24.7 Å². The van der Waals surface area contributed by atoms with Crippen LogP contribution in [0.1, 0.15) is 55.8 Å². The molecule has 1 aromatic rings. The summed E-state index contributed by atoms with van der Waals surface area (Å²) in [6.45, 7) is 2.75. The monoisotopic (exact) mass is 404 g/mol. The summed E-state index contributed by atoms with van der Waals surface area (Å²) in [7, 11) is 0. The Morgan fingerprint density at radius 1 is 1.07 bits per heavy atom. The topological polar surface area (TPSA) is 75.7 Å². The summed E-state index contributed by atoms with van der Waals surface area (Å²) in [5.74, 6) is -1.05. The van der Waals surface area contributed by atoms with Gasteiger partial charge in [-0.05, 0) is 55.9 Å². The molecule has 6 nitrogen and oxygen atoms in total. The molecule has 2 atom stereocenters. The Balaban J connectivity index is 1.40. The van der Waals surface area contributed by atoms with Gasteiger partial charge in [0.1, 0.15) is 5.82 Å². The first kappa shape index (κ1) is 21.3. The van der Waals surface area contributed by atoms with Crippen LogP contribution < -0.4 is 5.32 Å². The quantitative estimate of drug-likeness (QED) is 0.766. The predicted molar refractivity (Wildman–Crippen MR) is 106 cm³/mol. The standard InChI is InChI=1S/C22H29FN2O4/c1-15-4-2-3-5-19(15)24-20(26)14-29-22(28)17-10-12-25(13-11-17)21(27)16-6-8-18(23)9-7-16/h6-9,15,17,19H,2-5,10-14H2,1H3,(H,24,26)/t15-,19+/m1/s1. The van der Waals surface area contributed by atoms with Crippen molar-refractivity contribution >= 4 is 17.8 Å². The van der Waals surface area contributed by atoms with Crippen LogP contribution in [0.15, 0.2) is 24.3 Å². The number of amides is 2. The second-order valence-corrected chi connectivity index (χ2v) is 8.12. The lowest BCUT2D eigenvalue weighted by Gasteiger charge is -2.31. The Morgan fingerprint density at radius 3 is 2.38 bits per heavy atom. The zero-order chi connectivity index (χ0) is 20.8. The number of likely N-dealkylation sites (tertiary alicyclic amines) is 1. The molecule has 0 spiro atoms. The fourth-order valence-corrected chi connectivity index (χ4v) is 4.13. The van der Waals surface area contributed by atoms with Crippen molar-refractivity contribution < 1.29 is 23.5 Å². The number of nitrogens with one attached hydrogen (secondary N) is 1. The third-order valence-electron chi connectivity index (χ3n) is 6.01. The van der Waals surface area contributed by atoms with Crippen LogP contribution in [0.25, 0.3) is 0 Å². The van der Waals surface area contributed by atoms with Gasteiger partial charge in [0.05, 0.1) is 5.92 Å². The van der Waals surface area contributed by atoms with Gasteiger partial charge in [-0.2, -0.15) is 0 Å². The number of carbonyl (C=O) groups excluding carboxylic acids is 3. The van der Waals surface area contributed by atoms with Crippen molar-refractivity contribution in [2.75, 3.05) is 19.7 Å². The van der Waals surface area contributed by atoms with E-state index in [0.717, 1.165) is 19.3 Å². The Labute approximate surface area is 170 Å². The molecule has 1 aliphatic heterocycles. The van der Waals surface area contributed by atoms with E-state index in [4.69, 9.17) is 4.74 Å². The highest BCUT2D eigenvalue weighted by Gasteiger charge is 2.29. The number of piperidine rings is 1. The Morgan fingerprint density at radius 2 is 1.72 bits per heavy atom. The van der Waals surface area contributed by atoms with Crippen LogP contribution in [-0.2, 0) is 14.3 Å². The van der Waals surface area contributed by atoms with Crippen LogP contribution >= 0.6 is 0 Å². The van der Waals surface area contributed by atoms with E-state index >= 15 is 0 Å². The molecule has 1 aliphatic carbocycles. The maximum absolute atomic E-state index is 13.0. The lowest BCUT2D eigenvalue weighted by molar-refractivity contribution is -0.154. The van der Waals surface area contributed by atoms with Gasteiger partial charge >= 0.3 is 5.97 Å². The smallest absolute Gasteiger partial charge is 0.309 e. The molecule has 7 heteroatoms. The van der Waals surface area contributed by atoms with E-state index in [1.165, 1.54) is 30.7 Å². The number of nitrogens with zero attached hydrogens (tertiary/aromatic N) is 1. The summed E-state index contributed by atoms with van der Waals surface area (Å²) >= 11 is 0. The summed E-state index contributed by atoms with van der Waals surface area (Å²) in [5.41, 5.74) is 0.432. The van der Waals surface area contributed by atoms with Crippen molar-refractivity contribution in [3.8, 4) is 0 Å². The van der Waals surface area contributed by atoms with E-state index in [1.807, 2.05) is 0 Å². The van der Waals surface area contributed by atoms with Crippen molar-refractivity contribution in [3.05, 3.63) is 35.6 Å². The number of hydrogen-bond acceptors (Lipinski definition) is 4. The molecule has 0 radical (unpaired) electrons. The molecule has 3 rings (SSSR count). The molecule has 158 valence electrons. The second kappa shape index (κ2) is 9.85. The van der Waals surface area contributed by atoms with Crippen LogP contribution in [0.3, 0.4) is 0 Å². The Hall–Kier alpha value is -2.44. The lowest BCUT2D eigenvalue weighted by atomic mass is 9.86. The van der Waals surface area contributed by atoms with E-state index in [1.54, 1.807) is 4.90 Å². The number of benzene rings is 1. The number of esters is 1. The molecule has 2 amide bonds. The Bertz CT molecular complexity index is 729. The Kier molecular flexibility index (Phi) is 7.23. The largest absolute Gasteiger partial charge is 0.455 e. The second-order valence-electron chi connectivity index (χ2n) is 8.12. The van der Waals surface area contributed by atoms with Gasteiger partial charge < -0.3 is 15.0 Å². The maximum atomic E-state index is 13.0. The number of ether oxygens (including phenoxy) is 1. The van der Waals surface area contributed by atoms with Gasteiger partial charge in [-0.3, -0.25) is 14.4 Å². The number of halogens is 1. The number of carbonyl (C=O) groups is 3. The van der Waals surface area contributed by atoms with Crippen LogP contribution in [0.2, 0.25) is 0 Å². The minimum absolute atomic E-state index is 0.163. The molecule has 0 aromatic heterocycles. The van der Waals surface area contributed by atoms with Gasteiger partial charge in [-0.15, -0.1) is 0 Å². The highest BCUT2D eigenvalue weighted by atomic mass is 19.1. The van der Waals surface area contributed by atoms with Gasteiger partial charge in [0.15, 0.2) is 6.61 Å². The first-order chi connectivity index (χ1) is 13.9. The number of hydrogen-bond donors (Lipinski definition) is 1. The summed E-state index contributed by atoms with van der Waals surface area (Å²) in [6.07, 6.45) is 5.39. The van der Waals surface area contributed by atoms with E-state index in [9.17, 15) is 18.8 Å². The molecule has 1 aromatic carbocycles. The molecule has 1 heterocycles. The van der Waals surface area contributed by atoms with E-state index < -0.39 is 0 Å². The van der Waals surface area contributed by atoms with Crippen molar-refractivity contribution in [1.29, 1.82) is 0 Å². The summed E-state index contributed by atoms with van der Waals surface area (Å²) in [5, 5.41) is 2.98. The molecule has 1 saturated heterocycles. The highest BCUT2D eigenvalue weighted by Crippen LogP contribution is 2.24. The fraction of sp³-hybridized carbons (Fsp3) is 0.591. The molecule has 0 bridgehead atoms. The lowest BCUT2D eigenvalue weighted by Crippen LogP contribution is -2.44. The molecule has 1 N–H and O–H groups in total. The highest BCUT2D eigenvalue weighted by molar-refractivity contribution is 5.94. The SMILES string of the molecule is C[C@@H]1CCCC[C@@H]1NC(=O)COC(=O)C1CCN(C(=O)c2ccc(F)cc2)CC1. The minimum Gasteiger partial charge on any atom is -0.455 e. The van der Waals surface area contributed by atoms with E-state index in [-0.39, 0.29) is 42.2 Å². The van der Waals surface area contributed by atoms with Crippen molar-refractivity contribution in [1.82, 2.24) is 10.2 Å². The predicted octanol–water partition coefficient (Wildman–Crippen LogP) is 2.92. The van der Waals surface area contributed by atoms with Gasteiger partial charge in [-0.25, -0.2) is 4.39 Å². The average Bonchev–Trinajstić information content (AvgIpc) is 2.74. The normalized spacial score (nSPS) is 22.8. The van der Waals surface area contributed by atoms with Gasteiger partial charge in [0.2, 0.25) is 0 Å². The van der Waals surface area contributed by atoms with Gasteiger partial charge in [-0.1, -0.05) is 19.8 Å². The molecular formula is C22H29FN2O4. The van der Waals surface area contributed by atoms with Crippen molar-refractivity contribution in [2.24, 2.45) is 11.8 Å². The molecule has 1 saturated carbocycles. The van der Waals surface area contributed by atoms with Crippen LogP contribution in [0, 0.1) is 17.7 Å². The molecule has 0 unspecified atom stereocenters. The minimum atomic E-state index is -0.384. The summed E-state index contributed by atoms with van der Waals surface area (Å²) in [4.78, 5) is 38.5. The molecule has 2 fully saturated rings. The van der Waals surface area contributed by atoms with Crippen molar-refractivity contribution in [2.45, 2.75) is 51.5 Å². The maximum Gasteiger partial charge on any atom is 0.309 e. The summed E-state index contributed by atoms with van der Waals surface area (Å²) < 4.78 is 18.2. The first-order valence-corrected chi connectivity index (χ1v) is 10.4. The first-order valence-electron chi connectivity index (χ1n) is 10.4. The third-order valence-corrected chi connectivity index (χ3v) is 6.01. The number of rotatable bonds is 5. The van der Waals surface area contributed by atoms with E-state index in [0.29, 0.717) is 37.4 Å². The van der Waals surface area contributed by atoms with Crippen LogP contribution in [-0.4, -0.2) is 48.4 Å².